The summed E-state index contributed by atoms with van der Waals surface area (Å²) < 4.78 is 6.82. The maximum Gasteiger partial charge on any atom is 0.419 e. The molecule has 3 nitrogen and oxygen atoms in total. The molecule has 0 saturated heterocycles. The average Bonchev–Trinajstić information content (AvgIpc) is 3.14. The number of oxazole rings is 1. The molecule has 2 aromatic rings. The molecular weight excluding hydrogens is 285 g/mol. The van der Waals surface area contributed by atoms with E-state index in [1.165, 1.54) is 0 Å². The number of rotatable bonds is 4. The van der Waals surface area contributed by atoms with Gasteiger partial charge in [0.1, 0.15) is 5.76 Å². The second-order valence-corrected chi connectivity index (χ2v) is 5.63. The van der Waals surface area contributed by atoms with Crippen LogP contribution in [0.1, 0.15) is 30.1 Å². The molecule has 1 aliphatic carbocycles. The Balaban J connectivity index is 1.77. The van der Waals surface area contributed by atoms with Gasteiger partial charge in [-0.25, -0.2) is 4.79 Å². The van der Waals surface area contributed by atoms with Crippen molar-refractivity contribution in [1.82, 2.24) is 4.57 Å². The van der Waals surface area contributed by atoms with Crippen LogP contribution in [0.25, 0.3) is 0 Å². The Morgan fingerprint density at radius 2 is 1.95 bits per heavy atom. The fourth-order valence-electron chi connectivity index (χ4n) is 2.11. The molecule has 1 heterocycles. The van der Waals surface area contributed by atoms with Crippen molar-refractivity contribution in [3.63, 3.8) is 0 Å². The van der Waals surface area contributed by atoms with E-state index < -0.39 is 0 Å². The van der Waals surface area contributed by atoms with Crippen molar-refractivity contribution in [2.75, 3.05) is 0 Å². The summed E-state index contributed by atoms with van der Waals surface area (Å²) in [6.45, 7) is 0.526. The zero-order chi connectivity index (χ0) is 13.4. The molecule has 3 rings (SSSR count). The van der Waals surface area contributed by atoms with Crippen LogP contribution in [0.5, 0.6) is 0 Å². The van der Waals surface area contributed by atoms with Gasteiger partial charge >= 0.3 is 5.76 Å². The fraction of sp³-hybridized carbons (Fsp3) is 0.357. The van der Waals surface area contributed by atoms with Crippen LogP contribution in [0.15, 0.2) is 33.6 Å². The molecule has 0 bridgehead atoms. The van der Waals surface area contributed by atoms with Gasteiger partial charge in [-0.1, -0.05) is 29.3 Å². The highest BCUT2D eigenvalue weighted by Gasteiger charge is 2.28. The van der Waals surface area contributed by atoms with E-state index in [4.69, 9.17) is 27.6 Å². The maximum absolute atomic E-state index is 11.7. The predicted octanol–water partition coefficient (Wildman–Crippen LogP) is 3.87. The van der Waals surface area contributed by atoms with Crippen LogP contribution in [-0.4, -0.2) is 4.57 Å². The third-order valence-corrected chi connectivity index (χ3v) is 4.08. The van der Waals surface area contributed by atoms with Crippen molar-refractivity contribution in [3.8, 4) is 0 Å². The van der Waals surface area contributed by atoms with Gasteiger partial charge in [0.25, 0.3) is 0 Å². The molecule has 0 amide bonds. The molecule has 5 heteroatoms. The minimum absolute atomic E-state index is 0.301. The third-order valence-electron chi connectivity index (χ3n) is 3.37. The number of nitrogens with zero attached hydrogens (tertiary/aromatic N) is 1. The zero-order valence-corrected chi connectivity index (χ0v) is 11.7. The topological polar surface area (TPSA) is 35.1 Å². The lowest BCUT2D eigenvalue weighted by Crippen LogP contribution is -2.14. The molecule has 1 saturated carbocycles. The molecule has 19 heavy (non-hydrogen) atoms. The van der Waals surface area contributed by atoms with Gasteiger partial charge < -0.3 is 4.42 Å². The molecule has 1 fully saturated rings. The number of hydrogen-bond acceptors (Lipinski definition) is 2. The van der Waals surface area contributed by atoms with Gasteiger partial charge in [0.05, 0.1) is 0 Å². The van der Waals surface area contributed by atoms with Gasteiger partial charge in [0.15, 0.2) is 0 Å². The lowest BCUT2D eigenvalue weighted by Gasteiger charge is -2.06. The van der Waals surface area contributed by atoms with E-state index in [-0.39, 0.29) is 5.76 Å². The molecule has 0 radical (unpaired) electrons. The number of halogens is 2. The Labute approximate surface area is 120 Å². The quantitative estimate of drug-likeness (QED) is 0.859. The minimum atomic E-state index is -0.301. The third kappa shape index (κ3) is 2.72. The SMILES string of the molecule is O=c1oc(C2CC2)cn1CCc1c(Cl)cccc1Cl. The summed E-state index contributed by atoms with van der Waals surface area (Å²) in [6.07, 6.45) is 4.65. The molecule has 1 aromatic heterocycles. The largest absolute Gasteiger partial charge is 0.419 e. The predicted molar refractivity (Wildman–Crippen MR) is 75.1 cm³/mol. The van der Waals surface area contributed by atoms with Gasteiger partial charge in [-0.05, 0) is 37.0 Å². The first-order chi connectivity index (χ1) is 9.15. The average molecular weight is 298 g/mol. The summed E-state index contributed by atoms with van der Waals surface area (Å²) in [5, 5.41) is 1.26. The Bertz CT molecular complexity index is 635. The normalized spacial score (nSPS) is 14.8. The first-order valence-corrected chi connectivity index (χ1v) is 7.04. The summed E-state index contributed by atoms with van der Waals surface area (Å²) in [6, 6.07) is 5.41. The van der Waals surface area contributed by atoms with Crippen LogP contribution in [0.4, 0.5) is 0 Å². The Hall–Kier alpha value is -1.19. The first kappa shape index (κ1) is 12.8. The first-order valence-electron chi connectivity index (χ1n) is 6.28. The van der Waals surface area contributed by atoms with Crippen molar-refractivity contribution in [3.05, 3.63) is 56.3 Å². The molecule has 0 atom stereocenters. The van der Waals surface area contributed by atoms with Gasteiger partial charge in [0, 0.05) is 28.7 Å². The van der Waals surface area contributed by atoms with Crippen LogP contribution >= 0.6 is 23.2 Å². The number of hydrogen-bond donors (Lipinski definition) is 0. The monoisotopic (exact) mass is 297 g/mol. The van der Waals surface area contributed by atoms with E-state index in [9.17, 15) is 4.79 Å². The fourth-order valence-corrected chi connectivity index (χ4v) is 2.69. The van der Waals surface area contributed by atoms with Crippen LogP contribution < -0.4 is 5.76 Å². The Kier molecular flexibility index (Phi) is 3.42. The summed E-state index contributed by atoms with van der Waals surface area (Å²) in [7, 11) is 0. The van der Waals surface area contributed by atoms with Gasteiger partial charge in [0.2, 0.25) is 0 Å². The van der Waals surface area contributed by atoms with E-state index in [0.29, 0.717) is 28.9 Å². The maximum atomic E-state index is 11.7. The minimum Gasteiger partial charge on any atom is -0.413 e. The van der Waals surface area contributed by atoms with E-state index in [1.807, 2.05) is 12.3 Å². The van der Waals surface area contributed by atoms with E-state index in [1.54, 1.807) is 16.7 Å². The standard InChI is InChI=1S/C14H13Cl2NO2/c15-11-2-1-3-12(16)10(11)6-7-17-8-13(9-4-5-9)19-14(17)18/h1-3,8-9H,4-7H2. The van der Waals surface area contributed by atoms with Crippen molar-refractivity contribution in [2.45, 2.75) is 31.7 Å². The molecule has 0 spiro atoms. The van der Waals surface area contributed by atoms with Crippen LogP contribution in [0, 0.1) is 0 Å². The molecule has 0 N–H and O–H groups in total. The molecule has 1 aromatic carbocycles. The Morgan fingerprint density at radius 3 is 2.58 bits per heavy atom. The number of benzene rings is 1. The summed E-state index contributed by atoms with van der Waals surface area (Å²) >= 11 is 12.2. The van der Waals surface area contributed by atoms with Gasteiger partial charge in [-0.2, -0.15) is 0 Å². The van der Waals surface area contributed by atoms with Gasteiger partial charge in [-0.3, -0.25) is 4.57 Å². The van der Waals surface area contributed by atoms with Crippen LogP contribution in [-0.2, 0) is 13.0 Å². The van der Waals surface area contributed by atoms with Crippen LogP contribution in [0.2, 0.25) is 10.0 Å². The zero-order valence-electron chi connectivity index (χ0n) is 10.2. The highest BCUT2D eigenvalue weighted by Crippen LogP contribution is 2.39. The summed E-state index contributed by atoms with van der Waals surface area (Å²) in [5.74, 6) is 0.943. The molecular formula is C14H13Cl2NO2. The van der Waals surface area contributed by atoms with Crippen molar-refractivity contribution >= 4 is 23.2 Å². The van der Waals surface area contributed by atoms with Crippen molar-refractivity contribution < 1.29 is 4.42 Å². The van der Waals surface area contributed by atoms with Crippen molar-refractivity contribution in [1.29, 1.82) is 0 Å². The lowest BCUT2D eigenvalue weighted by atomic mass is 10.1. The second-order valence-electron chi connectivity index (χ2n) is 4.82. The highest BCUT2D eigenvalue weighted by atomic mass is 35.5. The van der Waals surface area contributed by atoms with E-state index >= 15 is 0 Å². The number of aryl methyl sites for hydroxylation is 1. The van der Waals surface area contributed by atoms with Crippen molar-refractivity contribution in [2.24, 2.45) is 0 Å². The smallest absolute Gasteiger partial charge is 0.413 e. The van der Waals surface area contributed by atoms with Crippen LogP contribution in [0.3, 0.4) is 0 Å². The summed E-state index contributed by atoms with van der Waals surface area (Å²) in [4.78, 5) is 11.7. The second kappa shape index (κ2) is 5.06. The molecule has 0 unspecified atom stereocenters. The lowest BCUT2D eigenvalue weighted by molar-refractivity contribution is 0.446. The van der Waals surface area contributed by atoms with Gasteiger partial charge in [-0.15, -0.1) is 0 Å². The molecule has 100 valence electrons. The highest BCUT2D eigenvalue weighted by molar-refractivity contribution is 6.35. The molecule has 0 aliphatic heterocycles. The molecule has 1 aliphatic rings. The number of aromatic nitrogens is 1. The van der Waals surface area contributed by atoms with E-state index in [0.717, 1.165) is 24.2 Å². The van der Waals surface area contributed by atoms with E-state index in [2.05, 4.69) is 0 Å². The Morgan fingerprint density at radius 1 is 1.26 bits per heavy atom. The summed E-state index contributed by atoms with van der Waals surface area (Å²) in [5.41, 5.74) is 0.868.